The largest absolute Gasteiger partial charge is 0.460 e. The van der Waals surface area contributed by atoms with E-state index in [-0.39, 0.29) is 31.2 Å². The molecule has 0 spiro atoms. The Balaban J connectivity index is 0.00000261. The van der Waals surface area contributed by atoms with Crippen LogP contribution in [0.25, 0.3) is 11.5 Å². The SMILES string of the molecule is Cc1ccc(-c2cc(C(=O)NCC(N3CCNCC3)C(F)(F)F)n[nH]2)o1.Cl. The number of aromatic amines is 1. The molecule has 1 saturated heterocycles. The highest BCUT2D eigenvalue weighted by Crippen LogP contribution is 2.25. The lowest BCUT2D eigenvalue weighted by molar-refractivity contribution is -0.183. The van der Waals surface area contributed by atoms with Gasteiger partial charge in [-0.1, -0.05) is 0 Å². The molecule has 2 aromatic heterocycles. The topological polar surface area (TPSA) is 86.2 Å². The Morgan fingerprint density at radius 3 is 2.67 bits per heavy atom. The summed E-state index contributed by atoms with van der Waals surface area (Å²) in [5.74, 6) is 0.535. The molecule has 3 N–H and O–H groups in total. The second kappa shape index (κ2) is 8.77. The molecule has 0 bridgehead atoms. The van der Waals surface area contributed by atoms with Gasteiger partial charge in [-0.05, 0) is 19.1 Å². The van der Waals surface area contributed by atoms with E-state index < -0.39 is 24.7 Å². The molecule has 1 atom stereocenters. The Labute approximate surface area is 160 Å². The van der Waals surface area contributed by atoms with Crippen LogP contribution in [-0.4, -0.2) is 65.9 Å². The van der Waals surface area contributed by atoms with Crippen LogP contribution in [0.5, 0.6) is 0 Å². The maximum Gasteiger partial charge on any atom is 0.405 e. The minimum absolute atomic E-state index is 0. The van der Waals surface area contributed by atoms with Crippen LogP contribution in [-0.2, 0) is 0 Å². The molecule has 1 aliphatic heterocycles. The first-order valence-corrected chi connectivity index (χ1v) is 8.26. The monoisotopic (exact) mass is 407 g/mol. The van der Waals surface area contributed by atoms with Gasteiger partial charge in [-0.15, -0.1) is 12.4 Å². The summed E-state index contributed by atoms with van der Waals surface area (Å²) < 4.78 is 45.4. The summed E-state index contributed by atoms with van der Waals surface area (Å²) in [4.78, 5) is 13.5. The van der Waals surface area contributed by atoms with Crippen molar-refractivity contribution in [2.45, 2.75) is 19.1 Å². The van der Waals surface area contributed by atoms with E-state index >= 15 is 0 Å². The number of amides is 1. The van der Waals surface area contributed by atoms with Gasteiger partial charge in [-0.3, -0.25) is 14.8 Å². The van der Waals surface area contributed by atoms with E-state index in [0.717, 1.165) is 0 Å². The van der Waals surface area contributed by atoms with Crippen molar-refractivity contribution in [3.8, 4) is 11.5 Å². The summed E-state index contributed by atoms with van der Waals surface area (Å²) in [6, 6.07) is 3.20. The number of aromatic nitrogens is 2. The molecule has 27 heavy (non-hydrogen) atoms. The van der Waals surface area contributed by atoms with Crippen molar-refractivity contribution in [2.75, 3.05) is 32.7 Å². The van der Waals surface area contributed by atoms with E-state index in [1.807, 2.05) is 0 Å². The van der Waals surface area contributed by atoms with E-state index in [1.165, 1.54) is 11.0 Å². The molecule has 2 aromatic rings. The van der Waals surface area contributed by atoms with Crippen molar-refractivity contribution in [3.05, 3.63) is 29.7 Å². The molecule has 1 unspecified atom stereocenters. The van der Waals surface area contributed by atoms with Gasteiger partial charge in [0.15, 0.2) is 11.5 Å². The summed E-state index contributed by atoms with van der Waals surface area (Å²) in [5.41, 5.74) is 0.494. The number of piperazine rings is 1. The molecule has 0 aromatic carbocycles. The third-order valence-corrected chi connectivity index (χ3v) is 4.24. The van der Waals surface area contributed by atoms with Gasteiger partial charge in [0.1, 0.15) is 17.5 Å². The molecule has 3 heterocycles. The first-order valence-electron chi connectivity index (χ1n) is 8.26. The Hall–Kier alpha value is -2.04. The molecule has 0 aliphatic carbocycles. The molecule has 0 saturated carbocycles. The number of H-pyrrole nitrogens is 1. The lowest BCUT2D eigenvalue weighted by atomic mass is 10.2. The number of carbonyl (C=O) groups excluding carboxylic acids is 1. The van der Waals surface area contributed by atoms with Gasteiger partial charge in [0.25, 0.3) is 5.91 Å². The Morgan fingerprint density at radius 2 is 2.07 bits per heavy atom. The number of hydrogen-bond donors (Lipinski definition) is 3. The zero-order valence-corrected chi connectivity index (χ0v) is 15.4. The van der Waals surface area contributed by atoms with E-state index in [0.29, 0.717) is 30.3 Å². The fraction of sp³-hybridized carbons (Fsp3) is 0.500. The zero-order chi connectivity index (χ0) is 18.7. The number of nitrogens with one attached hydrogen (secondary N) is 3. The molecule has 3 rings (SSSR count). The number of aryl methyl sites for hydroxylation is 1. The quantitative estimate of drug-likeness (QED) is 0.705. The number of furan rings is 1. The van der Waals surface area contributed by atoms with Crippen LogP contribution in [0, 0.1) is 6.92 Å². The lowest BCUT2D eigenvalue weighted by Gasteiger charge is -2.35. The second-order valence-corrected chi connectivity index (χ2v) is 6.13. The maximum absolute atomic E-state index is 13.3. The molecule has 150 valence electrons. The molecule has 0 radical (unpaired) electrons. The highest BCUT2D eigenvalue weighted by atomic mass is 35.5. The standard InChI is InChI=1S/C16H20F3N5O2.ClH/c1-10-2-3-13(26-10)11-8-12(23-22-11)15(25)21-9-14(16(17,18)19)24-6-4-20-5-7-24;/h2-3,8,14,20H,4-7,9H2,1H3,(H,21,25)(H,22,23);1H. The summed E-state index contributed by atoms with van der Waals surface area (Å²) in [7, 11) is 0. The Bertz CT molecular complexity index is 755. The van der Waals surface area contributed by atoms with Gasteiger partial charge in [-0.2, -0.15) is 18.3 Å². The van der Waals surface area contributed by atoms with Gasteiger partial charge in [-0.25, -0.2) is 0 Å². The van der Waals surface area contributed by atoms with Gasteiger partial charge >= 0.3 is 6.18 Å². The number of halogens is 4. The normalized spacial score (nSPS) is 16.6. The maximum atomic E-state index is 13.3. The average Bonchev–Trinajstić information content (AvgIpc) is 3.23. The summed E-state index contributed by atoms with van der Waals surface area (Å²) >= 11 is 0. The smallest absolute Gasteiger partial charge is 0.405 e. The van der Waals surface area contributed by atoms with Crippen LogP contribution in [0.15, 0.2) is 22.6 Å². The van der Waals surface area contributed by atoms with Crippen LogP contribution in [0.1, 0.15) is 16.2 Å². The highest BCUT2D eigenvalue weighted by molar-refractivity contribution is 5.93. The van der Waals surface area contributed by atoms with E-state index in [4.69, 9.17) is 4.42 Å². The van der Waals surface area contributed by atoms with Crippen molar-refractivity contribution in [3.63, 3.8) is 0 Å². The minimum Gasteiger partial charge on any atom is -0.460 e. The molecule has 1 amide bonds. The summed E-state index contributed by atoms with van der Waals surface area (Å²) in [5, 5.41) is 11.9. The van der Waals surface area contributed by atoms with Gasteiger partial charge in [0, 0.05) is 38.8 Å². The Kier molecular flexibility index (Phi) is 6.90. The molecule has 1 aliphatic rings. The predicted molar refractivity (Wildman–Crippen MR) is 94.9 cm³/mol. The van der Waals surface area contributed by atoms with Crippen molar-refractivity contribution >= 4 is 18.3 Å². The van der Waals surface area contributed by atoms with E-state index in [9.17, 15) is 18.0 Å². The fourth-order valence-electron chi connectivity index (χ4n) is 2.87. The van der Waals surface area contributed by atoms with Crippen molar-refractivity contribution < 1.29 is 22.4 Å². The van der Waals surface area contributed by atoms with Crippen molar-refractivity contribution in [2.24, 2.45) is 0 Å². The van der Waals surface area contributed by atoms with Crippen molar-refractivity contribution in [1.29, 1.82) is 0 Å². The summed E-state index contributed by atoms with van der Waals surface area (Å²) in [6.45, 7) is 2.80. The lowest BCUT2D eigenvalue weighted by Crippen LogP contribution is -2.57. The second-order valence-electron chi connectivity index (χ2n) is 6.13. The first kappa shape index (κ1) is 21.3. The fourth-order valence-corrected chi connectivity index (χ4v) is 2.87. The molecular weight excluding hydrogens is 387 g/mol. The van der Waals surface area contributed by atoms with E-state index in [1.54, 1.807) is 19.1 Å². The van der Waals surface area contributed by atoms with Crippen molar-refractivity contribution in [1.82, 2.24) is 25.7 Å². The van der Waals surface area contributed by atoms with Crippen LogP contribution in [0.3, 0.4) is 0 Å². The van der Waals surface area contributed by atoms with E-state index in [2.05, 4.69) is 20.8 Å². The predicted octanol–water partition coefficient (Wildman–Crippen LogP) is 1.97. The van der Waals surface area contributed by atoms with Gasteiger partial charge in [0.05, 0.1) is 0 Å². The Morgan fingerprint density at radius 1 is 1.37 bits per heavy atom. The third kappa shape index (κ3) is 5.24. The van der Waals surface area contributed by atoms with Gasteiger partial charge < -0.3 is 15.1 Å². The van der Waals surface area contributed by atoms with Crippen LogP contribution < -0.4 is 10.6 Å². The van der Waals surface area contributed by atoms with Crippen LogP contribution in [0.2, 0.25) is 0 Å². The zero-order valence-electron chi connectivity index (χ0n) is 14.6. The molecule has 7 nitrogen and oxygen atoms in total. The number of rotatable bonds is 5. The third-order valence-electron chi connectivity index (χ3n) is 4.24. The molecule has 1 fully saturated rings. The molecular formula is C16H21ClF3N5O2. The number of nitrogens with zero attached hydrogens (tertiary/aromatic N) is 2. The number of hydrogen-bond acceptors (Lipinski definition) is 5. The molecule has 11 heteroatoms. The van der Waals surface area contributed by atoms with Crippen LogP contribution in [0.4, 0.5) is 13.2 Å². The number of carbonyl (C=O) groups is 1. The highest BCUT2D eigenvalue weighted by Gasteiger charge is 2.43. The minimum atomic E-state index is -4.42. The van der Waals surface area contributed by atoms with Crippen LogP contribution >= 0.6 is 12.4 Å². The number of alkyl halides is 3. The first-order chi connectivity index (χ1) is 12.3. The van der Waals surface area contributed by atoms with Gasteiger partial charge in [0.2, 0.25) is 0 Å². The summed E-state index contributed by atoms with van der Waals surface area (Å²) in [6.07, 6.45) is -4.42. The average molecular weight is 408 g/mol.